The molecule has 0 bridgehead atoms. The topological polar surface area (TPSA) is 66.0 Å². The molecule has 5 heteroatoms. The van der Waals surface area contributed by atoms with Crippen molar-refractivity contribution in [2.75, 3.05) is 12.3 Å². The van der Waals surface area contributed by atoms with Crippen LogP contribution in [0.4, 0.5) is 5.95 Å². The predicted octanol–water partition coefficient (Wildman–Crippen LogP) is 2.92. The number of fused-ring (bicyclic) bond motifs is 1. The maximum absolute atomic E-state index is 6.14. The molecule has 0 spiro atoms. The summed E-state index contributed by atoms with van der Waals surface area (Å²) in [6.45, 7) is 5.19. The minimum atomic E-state index is -0.0149. The van der Waals surface area contributed by atoms with E-state index in [1.165, 1.54) is 0 Å². The summed E-state index contributed by atoms with van der Waals surface area (Å²) >= 11 is 0. The highest BCUT2D eigenvalue weighted by molar-refractivity contribution is 5.77. The highest BCUT2D eigenvalue weighted by Crippen LogP contribution is 2.39. The number of hydrogen-bond donors (Lipinski definition) is 1. The quantitative estimate of drug-likeness (QED) is 0.934. The van der Waals surface area contributed by atoms with Crippen molar-refractivity contribution < 1.29 is 4.74 Å². The second kappa shape index (κ2) is 5.05. The first-order chi connectivity index (χ1) is 9.69. The fraction of sp³-hybridized carbons (Fsp3) is 0.600. The van der Waals surface area contributed by atoms with Crippen LogP contribution in [0.15, 0.2) is 18.5 Å². The van der Waals surface area contributed by atoms with Crippen molar-refractivity contribution in [2.45, 2.75) is 51.2 Å². The summed E-state index contributed by atoms with van der Waals surface area (Å²) in [6.07, 6.45) is 7.63. The lowest BCUT2D eigenvalue weighted by atomic mass is 9.85. The van der Waals surface area contributed by atoms with E-state index in [0.717, 1.165) is 43.3 Å². The van der Waals surface area contributed by atoms with Crippen molar-refractivity contribution in [1.82, 2.24) is 14.5 Å². The number of pyridine rings is 1. The van der Waals surface area contributed by atoms with Crippen LogP contribution in [-0.4, -0.2) is 26.7 Å². The molecular weight excluding hydrogens is 252 g/mol. The molecule has 2 aromatic heterocycles. The Bertz CT molecular complexity index is 603. The van der Waals surface area contributed by atoms with Gasteiger partial charge in [0.15, 0.2) is 0 Å². The molecule has 3 rings (SSSR count). The summed E-state index contributed by atoms with van der Waals surface area (Å²) in [7, 11) is 0. The SMILES string of the molecule is CCC1(CC)CC(n2c(N)nc3cnccc32)CCO1. The Labute approximate surface area is 119 Å². The molecule has 0 aromatic carbocycles. The zero-order chi connectivity index (χ0) is 14.2. The zero-order valence-electron chi connectivity index (χ0n) is 12.2. The average Bonchev–Trinajstić information content (AvgIpc) is 2.83. The zero-order valence-corrected chi connectivity index (χ0v) is 12.2. The van der Waals surface area contributed by atoms with Crippen LogP contribution in [0.2, 0.25) is 0 Å². The monoisotopic (exact) mass is 274 g/mol. The van der Waals surface area contributed by atoms with Crippen LogP contribution in [0.1, 0.15) is 45.6 Å². The van der Waals surface area contributed by atoms with E-state index in [1.807, 2.05) is 6.07 Å². The van der Waals surface area contributed by atoms with E-state index in [4.69, 9.17) is 10.5 Å². The van der Waals surface area contributed by atoms with Gasteiger partial charge in [-0.25, -0.2) is 4.98 Å². The number of nitrogens with zero attached hydrogens (tertiary/aromatic N) is 3. The standard InChI is InChI=1S/C15H22N4O/c1-3-15(4-2)9-11(6-8-20-15)19-13-5-7-17-10-12(13)18-14(19)16/h5,7,10-11H,3-4,6,8-9H2,1-2H3,(H2,16,18). The summed E-state index contributed by atoms with van der Waals surface area (Å²) < 4.78 is 8.22. The van der Waals surface area contributed by atoms with Crippen molar-refractivity contribution in [3.05, 3.63) is 18.5 Å². The third kappa shape index (κ3) is 2.06. The van der Waals surface area contributed by atoms with Crippen LogP contribution in [-0.2, 0) is 4.74 Å². The fourth-order valence-corrected chi connectivity index (χ4v) is 3.32. The first-order valence-corrected chi connectivity index (χ1v) is 7.40. The Hall–Kier alpha value is -1.62. The lowest BCUT2D eigenvalue weighted by molar-refractivity contribution is -0.0979. The molecule has 2 N–H and O–H groups in total. The molecule has 1 atom stereocenters. The number of rotatable bonds is 3. The fourth-order valence-electron chi connectivity index (χ4n) is 3.32. The van der Waals surface area contributed by atoms with Gasteiger partial charge in [0.2, 0.25) is 5.95 Å². The third-order valence-electron chi connectivity index (χ3n) is 4.64. The first kappa shape index (κ1) is 13.4. The van der Waals surface area contributed by atoms with Gasteiger partial charge in [0, 0.05) is 18.8 Å². The van der Waals surface area contributed by atoms with Crippen LogP contribution in [0.25, 0.3) is 11.0 Å². The van der Waals surface area contributed by atoms with Gasteiger partial charge < -0.3 is 15.0 Å². The van der Waals surface area contributed by atoms with E-state index >= 15 is 0 Å². The van der Waals surface area contributed by atoms with Crippen LogP contribution in [0.5, 0.6) is 0 Å². The minimum absolute atomic E-state index is 0.0149. The highest BCUT2D eigenvalue weighted by atomic mass is 16.5. The van der Waals surface area contributed by atoms with Crippen LogP contribution in [0, 0.1) is 0 Å². The van der Waals surface area contributed by atoms with Crippen LogP contribution in [0.3, 0.4) is 0 Å². The van der Waals surface area contributed by atoms with Gasteiger partial charge in [-0.3, -0.25) is 4.98 Å². The van der Waals surface area contributed by atoms with Gasteiger partial charge in [-0.05, 0) is 31.7 Å². The molecule has 1 saturated heterocycles. The molecule has 1 fully saturated rings. The number of nitrogens with two attached hydrogens (primary N) is 1. The highest BCUT2D eigenvalue weighted by Gasteiger charge is 2.36. The number of hydrogen-bond acceptors (Lipinski definition) is 4. The van der Waals surface area contributed by atoms with Crippen molar-refractivity contribution in [1.29, 1.82) is 0 Å². The van der Waals surface area contributed by atoms with Gasteiger partial charge in [-0.2, -0.15) is 0 Å². The maximum atomic E-state index is 6.14. The maximum Gasteiger partial charge on any atom is 0.201 e. The first-order valence-electron chi connectivity index (χ1n) is 7.40. The van der Waals surface area contributed by atoms with Gasteiger partial charge in [0.25, 0.3) is 0 Å². The van der Waals surface area contributed by atoms with Gasteiger partial charge in [0.05, 0.1) is 17.3 Å². The predicted molar refractivity (Wildman–Crippen MR) is 79.5 cm³/mol. The van der Waals surface area contributed by atoms with Crippen LogP contribution < -0.4 is 5.73 Å². The van der Waals surface area contributed by atoms with E-state index in [2.05, 4.69) is 28.4 Å². The van der Waals surface area contributed by atoms with E-state index in [-0.39, 0.29) is 5.60 Å². The van der Waals surface area contributed by atoms with E-state index < -0.39 is 0 Å². The van der Waals surface area contributed by atoms with E-state index in [1.54, 1.807) is 12.4 Å². The molecule has 108 valence electrons. The normalized spacial score (nSPS) is 22.2. The summed E-state index contributed by atoms with van der Waals surface area (Å²) in [5, 5.41) is 0. The summed E-state index contributed by atoms with van der Waals surface area (Å²) in [5.41, 5.74) is 8.07. The largest absolute Gasteiger partial charge is 0.375 e. The number of imidazole rings is 1. The Kier molecular flexibility index (Phi) is 3.38. The van der Waals surface area contributed by atoms with Crippen molar-refractivity contribution in [3.8, 4) is 0 Å². The van der Waals surface area contributed by atoms with Crippen molar-refractivity contribution >= 4 is 17.0 Å². The molecule has 0 aliphatic carbocycles. The molecule has 2 aromatic rings. The lowest BCUT2D eigenvalue weighted by Crippen LogP contribution is -2.39. The van der Waals surface area contributed by atoms with Crippen LogP contribution >= 0.6 is 0 Å². The molecule has 20 heavy (non-hydrogen) atoms. The summed E-state index contributed by atoms with van der Waals surface area (Å²) in [5.74, 6) is 0.584. The van der Waals surface area contributed by atoms with E-state index in [9.17, 15) is 0 Å². The van der Waals surface area contributed by atoms with Gasteiger partial charge in [0.1, 0.15) is 5.52 Å². The Morgan fingerprint density at radius 1 is 1.45 bits per heavy atom. The number of aromatic nitrogens is 3. The lowest BCUT2D eigenvalue weighted by Gasteiger charge is -2.40. The number of ether oxygens (including phenoxy) is 1. The smallest absolute Gasteiger partial charge is 0.201 e. The van der Waals surface area contributed by atoms with Crippen molar-refractivity contribution in [3.63, 3.8) is 0 Å². The summed E-state index contributed by atoms with van der Waals surface area (Å²) in [4.78, 5) is 8.54. The molecular formula is C15H22N4O. The third-order valence-corrected chi connectivity index (χ3v) is 4.64. The Balaban J connectivity index is 2.00. The van der Waals surface area contributed by atoms with Crippen molar-refractivity contribution in [2.24, 2.45) is 0 Å². The van der Waals surface area contributed by atoms with Gasteiger partial charge in [-0.15, -0.1) is 0 Å². The second-order valence-corrected chi connectivity index (χ2v) is 5.59. The molecule has 0 amide bonds. The molecule has 1 unspecified atom stereocenters. The molecule has 3 heterocycles. The molecule has 1 aliphatic heterocycles. The molecule has 0 saturated carbocycles. The second-order valence-electron chi connectivity index (χ2n) is 5.59. The van der Waals surface area contributed by atoms with Gasteiger partial charge >= 0.3 is 0 Å². The van der Waals surface area contributed by atoms with E-state index in [0.29, 0.717) is 12.0 Å². The minimum Gasteiger partial charge on any atom is -0.375 e. The summed E-state index contributed by atoms with van der Waals surface area (Å²) in [6, 6.07) is 2.35. The number of nitrogen functional groups attached to an aromatic ring is 1. The average molecular weight is 274 g/mol. The molecule has 0 radical (unpaired) electrons. The molecule has 1 aliphatic rings. The van der Waals surface area contributed by atoms with Gasteiger partial charge in [-0.1, -0.05) is 13.8 Å². The number of anilines is 1. The molecule has 5 nitrogen and oxygen atoms in total. The Morgan fingerprint density at radius 2 is 2.25 bits per heavy atom. The Morgan fingerprint density at radius 3 is 3.00 bits per heavy atom.